The molecule has 6 rings (SSSR count). The van der Waals surface area contributed by atoms with Gasteiger partial charge in [0.2, 0.25) is 0 Å². The number of carbonyl (C=O) groups is 2. The van der Waals surface area contributed by atoms with Crippen molar-refractivity contribution in [1.82, 2.24) is 20.3 Å². The van der Waals surface area contributed by atoms with Crippen LogP contribution in [0.15, 0.2) is 28.9 Å². The zero-order valence-corrected chi connectivity index (χ0v) is 20.7. The molecule has 12 heteroatoms. The molecule has 1 spiro atoms. The first-order valence-electron chi connectivity index (χ1n) is 12.6. The fraction of sp³-hybridized carbons (Fsp3) is 0.462. The van der Waals surface area contributed by atoms with Crippen molar-refractivity contribution in [2.45, 2.75) is 63.7 Å². The number of nitrogens with zero attached hydrogens (tertiary/aromatic N) is 3. The number of nitrogens with one attached hydrogen (secondary N) is 2. The Bertz CT molecular complexity index is 1420. The molecule has 0 bridgehead atoms. The quantitative estimate of drug-likeness (QED) is 0.472. The van der Waals surface area contributed by atoms with Crippen LogP contribution in [0.1, 0.15) is 69.0 Å². The first-order chi connectivity index (χ1) is 18.1. The molecular formula is C26H26F3N5O4. The first-order valence-corrected chi connectivity index (χ1v) is 12.6. The van der Waals surface area contributed by atoms with E-state index < -0.39 is 24.2 Å². The Morgan fingerprint density at radius 1 is 1.34 bits per heavy atom. The maximum atomic E-state index is 13.6. The third kappa shape index (κ3) is 4.52. The van der Waals surface area contributed by atoms with Gasteiger partial charge in [-0.05, 0) is 55.4 Å². The van der Waals surface area contributed by atoms with Gasteiger partial charge in [-0.15, -0.1) is 0 Å². The van der Waals surface area contributed by atoms with Gasteiger partial charge in [-0.1, -0.05) is 24.1 Å². The molecule has 0 unspecified atom stereocenters. The summed E-state index contributed by atoms with van der Waals surface area (Å²) in [7, 11) is 0. The molecule has 2 aliphatic carbocycles. The molecule has 3 heterocycles. The minimum atomic E-state index is -4.42. The molecule has 1 aliphatic heterocycles. The van der Waals surface area contributed by atoms with Crippen molar-refractivity contribution in [3.63, 3.8) is 0 Å². The van der Waals surface area contributed by atoms with Crippen LogP contribution in [0.2, 0.25) is 0 Å². The number of benzene rings is 1. The minimum Gasteiger partial charge on any atom is -0.484 e. The number of alkyl halides is 3. The Morgan fingerprint density at radius 2 is 2.16 bits per heavy atom. The van der Waals surface area contributed by atoms with Crippen LogP contribution in [0.3, 0.4) is 0 Å². The highest BCUT2D eigenvalue weighted by Crippen LogP contribution is 2.44. The number of aryl methyl sites for hydroxylation is 3. The summed E-state index contributed by atoms with van der Waals surface area (Å²) in [5, 5.41) is 14.4. The Balaban J connectivity index is 1.30. The van der Waals surface area contributed by atoms with Gasteiger partial charge < -0.3 is 19.9 Å². The van der Waals surface area contributed by atoms with Crippen LogP contribution in [-0.4, -0.2) is 39.5 Å². The molecule has 1 saturated carbocycles. The van der Waals surface area contributed by atoms with Gasteiger partial charge in [0.05, 0.1) is 17.4 Å². The summed E-state index contributed by atoms with van der Waals surface area (Å²) in [6.07, 6.45) is 1.68. The summed E-state index contributed by atoms with van der Waals surface area (Å²) in [6, 6.07) is 4.83. The van der Waals surface area contributed by atoms with Crippen LogP contribution in [0.4, 0.5) is 19.0 Å². The molecule has 2 amide bonds. The first kappa shape index (κ1) is 24.5. The van der Waals surface area contributed by atoms with Gasteiger partial charge >= 0.3 is 6.18 Å². The summed E-state index contributed by atoms with van der Waals surface area (Å²) >= 11 is 0. The van der Waals surface area contributed by atoms with Crippen molar-refractivity contribution in [3.05, 3.63) is 58.1 Å². The average Bonchev–Trinajstić information content (AvgIpc) is 3.35. The van der Waals surface area contributed by atoms with Crippen molar-refractivity contribution in [2.24, 2.45) is 5.92 Å². The predicted octanol–water partition coefficient (Wildman–Crippen LogP) is 4.30. The second kappa shape index (κ2) is 8.88. The summed E-state index contributed by atoms with van der Waals surface area (Å²) in [5.74, 6) is 0.670. The summed E-state index contributed by atoms with van der Waals surface area (Å²) in [5.41, 5.74) is 2.12. The molecule has 2 N–H and O–H groups in total. The zero-order chi connectivity index (χ0) is 26.7. The Hall–Kier alpha value is -3.83. The lowest BCUT2D eigenvalue weighted by Crippen LogP contribution is -2.49. The molecular weight excluding hydrogens is 503 g/mol. The van der Waals surface area contributed by atoms with Gasteiger partial charge in [0.1, 0.15) is 28.5 Å². The van der Waals surface area contributed by atoms with Crippen LogP contribution in [-0.2, 0) is 24.9 Å². The summed E-state index contributed by atoms with van der Waals surface area (Å²) in [6.45, 7) is 0.834. The van der Waals surface area contributed by atoms with E-state index in [1.807, 2.05) is 0 Å². The van der Waals surface area contributed by atoms with Gasteiger partial charge in [-0.3, -0.25) is 9.59 Å². The highest BCUT2D eigenvalue weighted by molar-refractivity contribution is 6.09. The SMILES string of the molecule is Cc1oncc1C(=O)Nc1c2c(nn1CCC1CC1)C[C@]1(CCc3cc(OCC(F)(F)F)ccc31)NC2=O. The maximum absolute atomic E-state index is 13.6. The fourth-order valence-electron chi connectivity index (χ4n) is 5.47. The van der Waals surface area contributed by atoms with E-state index in [0.717, 1.165) is 30.4 Å². The van der Waals surface area contributed by atoms with Gasteiger partial charge in [0.25, 0.3) is 11.8 Å². The average molecular weight is 530 g/mol. The van der Waals surface area contributed by atoms with Crippen LogP contribution in [0.5, 0.6) is 5.75 Å². The van der Waals surface area contributed by atoms with Gasteiger partial charge in [0, 0.05) is 13.0 Å². The molecule has 1 aromatic carbocycles. The van der Waals surface area contributed by atoms with Crippen molar-refractivity contribution in [1.29, 1.82) is 0 Å². The number of hydrogen-bond acceptors (Lipinski definition) is 6. The van der Waals surface area contributed by atoms with Crippen molar-refractivity contribution < 1.29 is 32.0 Å². The molecule has 0 radical (unpaired) electrons. The Morgan fingerprint density at radius 3 is 2.87 bits per heavy atom. The van der Waals surface area contributed by atoms with E-state index in [1.165, 1.54) is 12.3 Å². The monoisotopic (exact) mass is 529 g/mol. The van der Waals surface area contributed by atoms with E-state index in [9.17, 15) is 22.8 Å². The number of anilines is 1. The number of amides is 2. The van der Waals surface area contributed by atoms with Crippen LogP contribution < -0.4 is 15.4 Å². The second-order valence-electron chi connectivity index (χ2n) is 10.3. The predicted molar refractivity (Wildman–Crippen MR) is 128 cm³/mol. The minimum absolute atomic E-state index is 0.138. The van der Waals surface area contributed by atoms with Gasteiger partial charge in [-0.25, -0.2) is 4.68 Å². The molecule has 3 aliphatic rings. The third-order valence-corrected chi connectivity index (χ3v) is 7.56. The van der Waals surface area contributed by atoms with E-state index in [-0.39, 0.29) is 17.2 Å². The number of rotatable bonds is 7. The fourth-order valence-corrected chi connectivity index (χ4v) is 5.47. The number of ether oxygens (including phenoxy) is 1. The smallest absolute Gasteiger partial charge is 0.422 e. The van der Waals surface area contributed by atoms with Crippen molar-refractivity contribution in [2.75, 3.05) is 11.9 Å². The lowest BCUT2D eigenvalue weighted by molar-refractivity contribution is -0.153. The third-order valence-electron chi connectivity index (χ3n) is 7.56. The Labute approximate surface area is 215 Å². The van der Waals surface area contributed by atoms with E-state index in [2.05, 4.69) is 15.8 Å². The normalized spacial score (nSPS) is 20.3. The second-order valence-corrected chi connectivity index (χ2v) is 10.3. The van der Waals surface area contributed by atoms with E-state index >= 15 is 0 Å². The number of hydrogen-bond donors (Lipinski definition) is 2. The molecule has 3 aromatic rings. The number of carbonyl (C=O) groups excluding carboxylic acids is 2. The molecule has 200 valence electrons. The van der Waals surface area contributed by atoms with Gasteiger partial charge in [-0.2, -0.15) is 18.3 Å². The lowest BCUT2D eigenvalue weighted by Gasteiger charge is -2.35. The largest absolute Gasteiger partial charge is 0.484 e. The van der Waals surface area contributed by atoms with E-state index in [1.54, 1.807) is 23.7 Å². The summed E-state index contributed by atoms with van der Waals surface area (Å²) < 4.78 is 49.4. The molecule has 1 fully saturated rings. The molecule has 9 nitrogen and oxygen atoms in total. The maximum Gasteiger partial charge on any atom is 0.422 e. The highest BCUT2D eigenvalue weighted by Gasteiger charge is 2.47. The standard InChI is InChI=1S/C26H26F3N5O4/c1-14-18(12-30-38-14)23(35)31-22-21-20(33-34(22)9-7-15-2-3-15)11-25(32-24(21)36)8-6-16-10-17(4-5-19(16)25)37-13-26(27,28)29/h4-5,10,12,15H,2-3,6-9,11,13H2,1H3,(H,31,35)(H,32,36)/t25-/m0/s1. The van der Waals surface area contributed by atoms with E-state index in [0.29, 0.717) is 54.6 Å². The highest BCUT2D eigenvalue weighted by atomic mass is 19.4. The van der Waals surface area contributed by atoms with Crippen LogP contribution >= 0.6 is 0 Å². The number of halogens is 3. The lowest BCUT2D eigenvalue weighted by atomic mass is 9.82. The Kier molecular flexibility index (Phi) is 5.73. The number of fused-ring (bicyclic) bond motifs is 3. The van der Waals surface area contributed by atoms with Crippen molar-refractivity contribution >= 4 is 17.6 Å². The van der Waals surface area contributed by atoms with Gasteiger partial charge in [0.15, 0.2) is 6.61 Å². The molecule has 0 saturated heterocycles. The van der Waals surface area contributed by atoms with Crippen molar-refractivity contribution in [3.8, 4) is 5.75 Å². The molecule has 1 atom stereocenters. The molecule has 38 heavy (non-hydrogen) atoms. The topological polar surface area (TPSA) is 111 Å². The van der Waals surface area contributed by atoms with Crippen LogP contribution in [0.25, 0.3) is 0 Å². The zero-order valence-electron chi connectivity index (χ0n) is 20.7. The summed E-state index contributed by atoms with van der Waals surface area (Å²) in [4.78, 5) is 26.5. The molecule has 2 aromatic heterocycles. The van der Waals surface area contributed by atoms with E-state index in [4.69, 9.17) is 14.4 Å². The number of aromatic nitrogens is 3. The van der Waals surface area contributed by atoms with Crippen LogP contribution in [0, 0.1) is 12.8 Å².